The van der Waals surface area contributed by atoms with Gasteiger partial charge < -0.3 is 5.32 Å². The highest BCUT2D eigenvalue weighted by molar-refractivity contribution is 5.97. The fraction of sp³-hybridized carbons (Fsp3) is 0.308. The second-order valence-electron chi connectivity index (χ2n) is 4.21. The van der Waals surface area contributed by atoms with Crippen LogP contribution in [0, 0.1) is 5.82 Å². The van der Waals surface area contributed by atoms with Crippen molar-refractivity contribution in [2.45, 2.75) is 26.3 Å². The van der Waals surface area contributed by atoms with Crippen molar-refractivity contribution in [3.63, 3.8) is 0 Å². The highest BCUT2D eigenvalue weighted by atomic mass is 19.1. The molecule has 5 nitrogen and oxygen atoms in total. The molecule has 0 aliphatic rings. The van der Waals surface area contributed by atoms with Gasteiger partial charge in [-0.05, 0) is 19.9 Å². The van der Waals surface area contributed by atoms with Crippen molar-refractivity contribution in [1.29, 1.82) is 0 Å². The van der Waals surface area contributed by atoms with Crippen LogP contribution < -0.4 is 10.7 Å². The minimum atomic E-state index is -0.550. The number of rotatable bonds is 5. The van der Waals surface area contributed by atoms with E-state index in [-0.39, 0.29) is 23.9 Å². The summed E-state index contributed by atoms with van der Waals surface area (Å²) in [4.78, 5) is 22.6. The first kappa shape index (κ1) is 14.8. The predicted octanol–water partition coefficient (Wildman–Crippen LogP) is 1.19. The highest BCUT2D eigenvalue weighted by Crippen LogP contribution is 2.02. The largest absolute Gasteiger partial charge is 0.353 e. The van der Waals surface area contributed by atoms with Crippen molar-refractivity contribution < 1.29 is 14.0 Å². The third-order valence-electron chi connectivity index (χ3n) is 2.07. The summed E-state index contributed by atoms with van der Waals surface area (Å²) in [7, 11) is 0. The summed E-state index contributed by atoms with van der Waals surface area (Å²) in [6.07, 6.45) is 0.875. The lowest BCUT2D eigenvalue weighted by Crippen LogP contribution is -2.34. The molecule has 0 aromatic heterocycles. The van der Waals surface area contributed by atoms with E-state index in [2.05, 4.69) is 15.8 Å². The van der Waals surface area contributed by atoms with Crippen molar-refractivity contribution in [3.8, 4) is 0 Å². The topological polar surface area (TPSA) is 70.6 Å². The van der Waals surface area contributed by atoms with Gasteiger partial charge in [-0.1, -0.05) is 18.2 Å². The van der Waals surface area contributed by atoms with E-state index in [4.69, 9.17) is 0 Å². The van der Waals surface area contributed by atoms with Gasteiger partial charge in [0.2, 0.25) is 11.8 Å². The highest BCUT2D eigenvalue weighted by Gasteiger charge is 2.09. The fourth-order valence-corrected chi connectivity index (χ4v) is 1.31. The van der Waals surface area contributed by atoms with Crippen LogP contribution in [-0.2, 0) is 9.59 Å². The van der Waals surface area contributed by atoms with E-state index in [1.807, 2.05) is 0 Å². The standard InChI is InChI=1S/C13H16FN3O2/c1-9(2)16-12(18)7-13(19)17-15-8-10-5-3-4-6-11(10)14/h3-6,8-9H,7H2,1-2H3,(H,16,18)(H,17,19). The van der Waals surface area contributed by atoms with Gasteiger partial charge in [-0.15, -0.1) is 0 Å². The van der Waals surface area contributed by atoms with Crippen molar-refractivity contribution in [2.24, 2.45) is 5.10 Å². The van der Waals surface area contributed by atoms with Crippen LogP contribution in [0.25, 0.3) is 0 Å². The summed E-state index contributed by atoms with van der Waals surface area (Å²) in [6, 6.07) is 6.00. The van der Waals surface area contributed by atoms with Crippen LogP contribution in [0.5, 0.6) is 0 Å². The molecule has 0 aliphatic carbocycles. The lowest BCUT2D eigenvalue weighted by Gasteiger charge is -2.06. The summed E-state index contributed by atoms with van der Waals surface area (Å²) >= 11 is 0. The molecule has 0 bridgehead atoms. The van der Waals surface area contributed by atoms with Gasteiger partial charge in [0.25, 0.3) is 0 Å². The lowest BCUT2D eigenvalue weighted by atomic mass is 10.2. The summed E-state index contributed by atoms with van der Waals surface area (Å²) < 4.78 is 13.2. The number of halogens is 1. The smallest absolute Gasteiger partial charge is 0.249 e. The molecule has 0 fully saturated rings. The maximum absolute atomic E-state index is 13.2. The molecule has 0 aliphatic heterocycles. The molecule has 0 unspecified atom stereocenters. The van der Waals surface area contributed by atoms with E-state index in [1.54, 1.807) is 26.0 Å². The van der Waals surface area contributed by atoms with Gasteiger partial charge in [0.1, 0.15) is 12.2 Å². The van der Waals surface area contributed by atoms with Crippen LogP contribution >= 0.6 is 0 Å². The van der Waals surface area contributed by atoms with Gasteiger partial charge in [-0.3, -0.25) is 9.59 Å². The molecule has 6 heteroatoms. The molecule has 0 radical (unpaired) electrons. The first-order valence-corrected chi connectivity index (χ1v) is 5.85. The lowest BCUT2D eigenvalue weighted by molar-refractivity contribution is -0.129. The molecule has 0 heterocycles. The van der Waals surface area contributed by atoms with E-state index in [9.17, 15) is 14.0 Å². The Kier molecular flexibility index (Phi) is 5.66. The van der Waals surface area contributed by atoms with Gasteiger partial charge in [-0.25, -0.2) is 9.82 Å². The second-order valence-corrected chi connectivity index (χ2v) is 4.21. The van der Waals surface area contributed by atoms with Crippen molar-refractivity contribution >= 4 is 18.0 Å². The number of nitrogens with zero attached hydrogens (tertiary/aromatic N) is 1. The van der Waals surface area contributed by atoms with Crippen molar-refractivity contribution in [2.75, 3.05) is 0 Å². The van der Waals surface area contributed by atoms with Gasteiger partial charge in [-0.2, -0.15) is 5.10 Å². The Morgan fingerprint density at radius 1 is 1.32 bits per heavy atom. The van der Waals surface area contributed by atoms with E-state index in [0.717, 1.165) is 0 Å². The Morgan fingerprint density at radius 2 is 2.00 bits per heavy atom. The quantitative estimate of drug-likeness (QED) is 0.477. The average molecular weight is 265 g/mol. The zero-order chi connectivity index (χ0) is 14.3. The number of hydrogen-bond donors (Lipinski definition) is 2. The number of carbonyl (C=O) groups excluding carboxylic acids is 2. The Labute approximate surface area is 110 Å². The van der Waals surface area contributed by atoms with E-state index in [0.29, 0.717) is 0 Å². The minimum absolute atomic E-state index is 0.0257. The van der Waals surface area contributed by atoms with Crippen molar-refractivity contribution in [3.05, 3.63) is 35.6 Å². The fourth-order valence-electron chi connectivity index (χ4n) is 1.31. The van der Waals surface area contributed by atoms with Gasteiger partial charge in [0.15, 0.2) is 0 Å². The minimum Gasteiger partial charge on any atom is -0.353 e. The molecule has 2 amide bonds. The number of carbonyl (C=O) groups is 2. The Hall–Kier alpha value is -2.24. The average Bonchev–Trinajstić information content (AvgIpc) is 2.30. The molecule has 0 atom stereocenters. The predicted molar refractivity (Wildman–Crippen MR) is 70.0 cm³/mol. The number of benzene rings is 1. The molecular weight excluding hydrogens is 249 g/mol. The number of nitrogens with one attached hydrogen (secondary N) is 2. The molecule has 2 N–H and O–H groups in total. The summed E-state index contributed by atoms with van der Waals surface area (Å²) in [5.74, 6) is -1.36. The summed E-state index contributed by atoms with van der Waals surface area (Å²) in [5.41, 5.74) is 2.42. The molecule has 0 saturated carbocycles. The van der Waals surface area contributed by atoms with Gasteiger partial charge >= 0.3 is 0 Å². The van der Waals surface area contributed by atoms with Crippen LogP contribution in [0.15, 0.2) is 29.4 Å². The maximum atomic E-state index is 13.2. The first-order valence-electron chi connectivity index (χ1n) is 5.85. The SMILES string of the molecule is CC(C)NC(=O)CC(=O)NN=Cc1ccccc1F. The van der Waals surface area contributed by atoms with Crippen molar-refractivity contribution in [1.82, 2.24) is 10.7 Å². The Bertz CT molecular complexity index is 487. The first-order chi connectivity index (χ1) is 8.99. The van der Waals surface area contributed by atoms with Gasteiger partial charge in [0, 0.05) is 11.6 Å². The van der Waals surface area contributed by atoms with E-state index >= 15 is 0 Å². The molecule has 19 heavy (non-hydrogen) atoms. The molecule has 1 rings (SSSR count). The van der Waals surface area contributed by atoms with Crippen LogP contribution in [0.3, 0.4) is 0 Å². The molecule has 1 aromatic carbocycles. The zero-order valence-electron chi connectivity index (χ0n) is 10.8. The van der Waals surface area contributed by atoms with E-state index in [1.165, 1.54) is 18.3 Å². The monoisotopic (exact) mass is 265 g/mol. The van der Waals surface area contributed by atoms with E-state index < -0.39 is 11.7 Å². The van der Waals surface area contributed by atoms with Crippen LogP contribution in [0.1, 0.15) is 25.8 Å². The number of amides is 2. The Morgan fingerprint density at radius 3 is 2.63 bits per heavy atom. The van der Waals surface area contributed by atoms with Crippen LogP contribution in [0.2, 0.25) is 0 Å². The number of hydrogen-bond acceptors (Lipinski definition) is 3. The van der Waals surface area contributed by atoms with Gasteiger partial charge in [0.05, 0.1) is 6.21 Å². The normalized spacial score (nSPS) is 10.7. The third-order valence-corrected chi connectivity index (χ3v) is 2.07. The zero-order valence-corrected chi connectivity index (χ0v) is 10.8. The third kappa shape index (κ3) is 5.76. The molecule has 0 saturated heterocycles. The maximum Gasteiger partial charge on any atom is 0.249 e. The Balaban J connectivity index is 2.42. The molecule has 1 aromatic rings. The summed E-state index contributed by atoms with van der Waals surface area (Å²) in [5, 5.41) is 6.17. The second kappa shape index (κ2) is 7.25. The summed E-state index contributed by atoms with van der Waals surface area (Å²) in [6.45, 7) is 3.60. The van der Waals surface area contributed by atoms with Crippen LogP contribution in [-0.4, -0.2) is 24.1 Å². The molecule has 102 valence electrons. The molecular formula is C13H16FN3O2. The molecule has 0 spiro atoms. The number of hydrazone groups is 1. The van der Waals surface area contributed by atoms with Crippen LogP contribution in [0.4, 0.5) is 4.39 Å².